The molecule has 3 aromatic carbocycles. The van der Waals surface area contributed by atoms with Crippen LogP contribution < -0.4 is 4.74 Å². The lowest BCUT2D eigenvalue weighted by Gasteiger charge is -2.07. The summed E-state index contributed by atoms with van der Waals surface area (Å²) in [5, 5.41) is 0. The molecule has 0 atom stereocenters. The Labute approximate surface area is 159 Å². The highest BCUT2D eigenvalue weighted by atomic mass is 79.9. The lowest BCUT2D eigenvalue weighted by atomic mass is 10.1. The molecule has 3 rings (SSSR count). The minimum absolute atomic E-state index is 0.255. The first-order valence-electron chi connectivity index (χ1n) is 7.91. The SMILES string of the molecule is O=C(COC(=O)c1ccc(Oc2ccccc2)cc1)c1ccc(Br)cc1. The zero-order valence-corrected chi connectivity index (χ0v) is 15.3. The molecule has 0 saturated heterocycles. The minimum atomic E-state index is -0.554. The van der Waals surface area contributed by atoms with Gasteiger partial charge in [0.25, 0.3) is 0 Å². The minimum Gasteiger partial charge on any atom is -0.457 e. The number of benzene rings is 3. The van der Waals surface area contributed by atoms with Gasteiger partial charge in [-0.2, -0.15) is 0 Å². The summed E-state index contributed by atoms with van der Waals surface area (Å²) < 4.78 is 11.6. The fourth-order valence-electron chi connectivity index (χ4n) is 2.22. The van der Waals surface area contributed by atoms with Crippen LogP contribution >= 0.6 is 15.9 Å². The number of carbonyl (C=O) groups excluding carboxylic acids is 2. The number of ketones is 1. The Balaban J connectivity index is 1.56. The third-order valence-corrected chi connectivity index (χ3v) is 4.10. The van der Waals surface area contributed by atoms with Gasteiger partial charge in [0.05, 0.1) is 5.56 Å². The van der Waals surface area contributed by atoms with Crippen LogP contribution in [0.1, 0.15) is 20.7 Å². The molecule has 0 saturated carbocycles. The van der Waals surface area contributed by atoms with Gasteiger partial charge in [0.2, 0.25) is 0 Å². The maximum atomic E-state index is 12.1. The van der Waals surface area contributed by atoms with Crippen LogP contribution in [0.5, 0.6) is 11.5 Å². The molecule has 3 aromatic rings. The van der Waals surface area contributed by atoms with E-state index in [0.717, 1.165) is 4.47 Å². The second-order valence-electron chi connectivity index (χ2n) is 5.45. The van der Waals surface area contributed by atoms with Crippen molar-refractivity contribution in [3.05, 3.63) is 94.5 Å². The van der Waals surface area contributed by atoms with Crippen LogP contribution in [0, 0.1) is 0 Å². The van der Waals surface area contributed by atoms with Gasteiger partial charge >= 0.3 is 5.97 Å². The second kappa shape index (κ2) is 8.45. The number of hydrogen-bond donors (Lipinski definition) is 0. The normalized spacial score (nSPS) is 10.2. The van der Waals surface area contributed by atoms with E-state index in [1.807, 2.05) is 30.3 Å². The lowest BCUT2D eigenvalue weighted by Crippen LogP contribution is -2.14. The molecular formula is C21H15BrO4. The third kappa shape index (κ3) is 4.80. The largest absolute Gasteiger partial charge is 0.457 e. The number of para-hydroxylation sites is 1. The smallest absolute Gasteiger partial charge is 0.338 e. The van der Waals surface area contributed by atoms with Crippen LogP contribution in [0.25, 0.3) is 0 Å². The number of carbonyl (C=O) groups is 2. The summed E-state index contributed by atoms with van der Waals surface area (Å²) in [6.45, 7) is -0.303. The Bertz CT molecular complexity index is 888. The van der Waals surface area contributed by atoms with Gasteiger partial charge in [-0.1, -0.05) is 46.3 Å². The van der Waals surface area contributed by atoms with Crippen LogP contribution in [0.15, 0.2) is 83.3 Å². The first-order valence-corrected chi connectivity index (χ1v) is 8.70. The van der Waals surface area contributed by atoms with Gasteiger partial charge in [-0.15, -0.1) is 0 Å². The molecule has 0 bridgehead atoms. The second-order valence-corrected chi connectivity index (χ2v) is 6.36. The van der Waals surface area contributed by atoms with E-state index in [2.05, 4.69) is 15.9 Å². The van der Waals surface area contributed by atoms with Gasteiger partial charge in [0, 0.05) is 10.0 Å². The molecule has 0 fully saturated rings. The number of halogens is 1. The molecule has 0 N–H and O–H groups in total. The van der Waals surface area contributed by atoms with E-state index in [-0.39, 0.29) is 12.4 Å². The maximum Gasteiger partial charge on any atom is 0.338 e. The summed E-state index contributed by atoms with van der Waals surface area (Å²) in [5.41, 5.74) is 0.849. The van der Waals surface area contributed by atoms with Gasteiger partial charge in [0.15, 0.2) is 12.4 Å². The molecule has 0 amide bonds. The topological polar surface area (TPSA) is 52.6 Å². The molecule has 0 spiro atoms. The summed E-state index contributed by atoms with van der Waals surface area (Å²) in [5.74, 6) is 0.512. The standard InChI is InChI=1S/C21H15BrO4/c22-17-10-6-15(7-11-17)20(23)14-25-21(24)16-8-12-19(13-9-16)26-18-4-2-1-3-5-18/h1-13H,14H2. The van der Waals surface area contributed by atoms with E-state index in [1.54, 1.807) is 48.5 Å². The number of hydrogen-bond acceptors (Lipinski definition) is 4. The summed E-state index contributed by atoms with van der Waals surface area (Å²) in [6, 6.07) is 22.8. The van der Waals surface area contributed by atoms with E-state index in [9.17, 15) is 9.59 Å². The van der Waals surface area contributed by atoms with Crippen LogP contribution in [-0.2, 0) is 4.74 Å². The van der Waals surface area contributed by atoms with Gasteiger partial charge in [-0.05, 0) is 48.5 Å². The molecule has 130 valence electrons. The fourth-order valence-corrected chi connectivity index (χ4v) is 2.48. The Morgan fingerprint density at radius 1 is 0.731 bits per heavy atom. The fraction of sp³-hybridized carbons (Fsp3) is 0.0476. The van der Waals surface area contributed by atoms with Crippen LogP contribution in [0.2, 0.25) is 0 Å². The van der Waals surface area contributed by atoms with E-state index in [0.29, 0.717) is 22.6 Å². The monoisotopic (exact) mass is 410 g/mol. The molecule has 0 aliphatic rings. The number of Topliss-reactive ketones (excluding diaryl/α,β-unsaturated/α-hetero) is 1. The van der Waals surface area contributed by atoms with Crippen molar-refractivity contribution in [2.75, 3.05) is 6.61 Å². The first-order chi connectivity index (χ1) is 12.6. The number of ether oxygens (including phenoxy) is 2. The van der Waals surface area contributed by atoms with E-state index in [4.69, 9.17) is 9.47 Å². The maximum absolute atomic E-state index is 12.1. The van der Waals surface area contributed by atoms with E-state index < -0.39 is 5.97 Å². The molecule has 5 heteroatoms. The molecular weight excluding hydrogens is 396 g/mol. The molecule has 4 nitrogen and oxygen atoms in total. The van der Waals surface area contributed by atoms with Crippen molar-refractivity contribution >= 4 is 27.7 Å². The van der Waals surface area contributed by atoms with Crippen molar-refractivity contribution in [1.82, 2.24) is 0 Å². The van der Waals surface area contributed by atoms with Crippen molar-refractivity contribution in [3.8, 4) is 11.5 Å². The van der Waals surface area contributed by atoms with Crippen LogP contribution in [-0.4, -0.2) is 18.4 Å². The quantitative estimate of drug-likeness (QED) is 0.409. The van der Waals surface area contributed by atoms with Crippen molar-refractivity contribution < 1.29 is 19.1 Å². The lowest BCUT2D eigenvalue weighted by molar-refractivity contribution is 0.0474. The van der Waals surface area contributed by atoms with Crippen molar-refractivity contribution in [1.29, 1.82) is 0 Å². The van der Waals surface area contributed by atoms with Crippen LogP contribution in [0.4, 0.5) is 0 Å². The summed E-state index contributed by atoms with van der Waals surface area (Å²) >= 11 is 3.31. The van der Waals surface area contributed by atoms with Crippen molar-refractivity contribution in [3.63, 3.8) is 0 Å². The molecule has 0 aliphatic carbocycles. The zero-order valence-electron chi connectivity index (χ0n) is 13.7. The third-order valence-electron chi connectivity index (χ3n) is 3.57. The molecule has 0 aliphatic heterocycles. The Hall–Kier alpha value is -2.92. The average Bonchev–Trinajstić information content (AvgIpc) is 2.68. The summed E-state index contributed by atoms with van der Waals surface area (Å²) in [6.07, 6.45) is 0. The highest BCUT2D eigenvalue weighted by Gasteiger charge is 2.12. The zero-order chi connectivity index (χ0) is 18.4. The van der Waals surface area contributed by atoms with E-state index in [1.165, 1.54) is 0 Å². The Morgan fingerprint density at radius 2 is 1.31 bits per heavy atom. The predicted molar refractivity (Wildman–Crippen MR) is 102 cm³/mol. The highest BCUT2D eigenvalue weighted by Crippen LogP contribution is 2.21. The van der Waals surface area contributed by atoms with E-state index >= 15 is 0 Å². The Morgan fingerprint density at radius 3 is 1.96 bits per heavy atom. The van der Waals surface area contributed by atoms with Gasteiger partial charge in [-0.25, -0.2) is 4.79 Å². The molecule has 0 aromatic heterocycles. The number of esters is 1. The van der Waals surface area contributed by atoms with Crippen molar-refractivity contribution in [2.45, 2.75) is 0 Å². The molecule has 0 radical (unpaired) electrons. The average molecular weight is 411 g/mol. The molecule has 26 heavy (non-hydrogen) atoms. The highest BCUT2D eigenvalue weighted by molar-refractivity contribution is 9.10. The van der Waals surface area contributed by atoms with Gasteiger partial charge < -0.3 is 9.47 Å². The van der Waals surface area contributed by atoms with Crippen LogP contribution in [0.3, 0.4) is 0 Å². The summed E-state index contributed by atoms with van der Waals surface area (Å²) in [7, 11) is 0. The molecule has 0 unspecified atom stereocenters. The number of rotatable bonds is 6. The van der Waals surface area contributed by atoms with Gasteiger partial charge in [0.1, 0.15) is 11.5 Å². The van der Waals surface area contributed by atoms with Gasteiger partial charge in [-0.3, -0.25) is 4.79 Å². The molecule has 0 heterocycles. The first kappa shape index (κ1) is 17.9. The summed E-state index contributed by atoms with van der Waals surface area (Å²) in [4.78, 5) is 24.1. The predicted octanol–water partition coefficient (Wildman–Crippen LogP) is 5.28. The van der Waals surface area contributed by atoms with Crippen molar-refractivity contribution in [2.24, 2.45) is 0 Å². The Kier molecular flexibility index (Phi) is 5.81.